The van der Waals surface area contributed by atoms with Crippen LogP contribution in [0.15, 0.2) is 18.2 Å². The van der Waals surface area contributed by atoms with E-state index in [9.17, 15) is 19.3 Å². The summed E-state index contributed by atoms with van der Waals surface area (Å²) >= 11 is 0. The molecule has 0 saturated carbocycles. The number of amides is 1. The number of ether oxygens (including phenoxy) is 2. The molecule has 0 aromatic heterocycles. The molecule has 1 fully saturated rings. The fourth-order valence-electron chi connectivity index (χ4n) is 2.23. The van der Waals surface area contributed by atoms with E-state index in [1.807, 2.05) is 0 Å². The summed E-state index contributed by atoms with van der Waals surface area (Å²) in [5, 5.41) is 10.7. The van der Waals surface area contributed by atoms with Gasteiger partial charge < -0.3 is 14.4 Å². The van der Waals surface area contributed by atoms with Gasteiger partial charge in [0.25, 0.3) is 5.69 Å². The highest BCUT2D eigenvalue weighted by molar-refractivity contribution is 5.68. The van der Waals surface area contributed by atoms with Gasteiger partial charge in [0.2, 0.25) is 0 Å². The summed E-state index contributed by atoms with van der Waals surface area (Å²) < 4.78 is 24.2. The standard InChI is InChI=1S/C15H19FN2O5/c1-15(2,3)23-14(19)17-5-4-12(9-17)22-13-7-10(16)6-11(8-13)18(20)21/h6-8,12H,4-5,9H2,1-3H3. The minimum atomic E-state index is -0.740. The number of benzene rings is 1. The number of nitro benzene ring substituents is 1. The Labute approximate surface area is 133 Å². The number of rotatable bonds is 3. The Bertz CT molecular complexity index is 614. The smallest absolute Gasteiger partial charge is 0.410 e. The van der Waals surface area contributed by atoms with Crippen molar-refractivity contribution in [3.8, 4) is 5.75 Å². The maximum Gasteiger partial charge on any atom is 0.410 e. The average molecular weight is 326 g/mol. The number of hydrogen-bond donors (Lipinski definition) is 0. The van der Waals surface area contributed by atoms with Crippen molar-refractivity contribution < 1.29 is 23.6 Å². The summed E-state index contributed by atoms with van der Waals surface area (Å²) in [5.41, 5.74) is -0.957. The topological polar surface area (TPSA) is 81.9 Å². The highest BCUT2D eigenvalue weighted by atomic mass is 19.1. The first-order valence-electron chi connectivity index (χ1n) is 7.23. The lowest BCUT2D eigenvalue weighted by molar-refractivity contribution is -0.385. The van der Waals surface area contributed by atoms with Gasteiger partial charge in [-0.1, -0.05) is 0 Å². The highest BCUT2D eigenvalue weighted by Gasteiger charge is 2.31. The van der Waals surface area contributed by atoms with E-state index in [1.165, 1.54) is 11.0 Å². The Morgan fingerprint density at radius 1 is 1.39 bits per heavy atom. The van der Waals surface area contributed by atoms with Crippen LogP contribution in [0.1, 0.15) is 27.2 Å². The van der Waals surface area contributed by atoms with Gasteiger partial charge in [0.05, 0.1) is 23.6 Å². The lowest BCUT2D eigenvalue weighted by atomic mass is 10.2. The summed E-state index contributed by atoms with van der Waals surface area (Å²) in [4.78, 5) is 23.5. The van der Waals surface area contributed by atoms with Crippen molar-refractivity contribution in [1.29, 1.82) is 0 Å². The predicted molar refractivity (Wildman–Crippen MR) is 79.9 cm³/mol. The molecule has 1 saturated heterocycles. The summed E-state index contributed by atoms with van der Waals surface area (Å²) in [6, 6.07) is 3.08. The molecule has 1 amide bonds. The van der Waals surface area contributed by atoms with Crippen LogP contribution in [-0.4, -0.2) is 40.7 Å². The van der Waals surface area contributed by atoms with Gasteiger partial charge in [0.1, 0.15) is 23.3 Å². The number of likely N-dealkylation sites (tertiary alicyclic amines) is 1. The number of halogens is 1. The molecule has 8 heteroatoms. The van der Waals surface area contributed by atoms with E-state index in [2.05, 4.69) is 0 Å². The molecule has 1 unspecified atom stereocenters. The van der Waals surface area contributed by atoms with E-state index < -0.39 is 22.4 Å². The van der Waals surface area contributed by atoms with Gasteiger partial charge >= 0.3 is 6.09 Å². The molecule has 23 heavy (non-hydrogen) atoms. The first-order valence-corrected chi connectivity index (χ1v) is 7.23. The van der Waals surface area contributed by atoms with Gasteiger partial charge in [0.15, 0.2) is 0 Å². The molecule has 1 atom stereocenters. The molecule has 1 heterocycles. The number of carbonyl (C=O) groups excluding carboxylic acids is 1. The van der Waals surface area contributed by atoms with E-state index in [1.54, 1.807) is 20.8 Å². The molecular formula is C15H19FN2O5. The lowest BCUT2D eigenvalue weighted by Crippen LogP contribution is -2.36. The quantitative estimate of drug-likeness (QED) is 0.629. The second kappa shape index (κ2) is 6.39. The fourth-order valence-corrected chi connectivity index (χ4v) is 2.23. The Balaban J connectivity index is 1.98. The molecule has 0 radical (unpaired) electrons. The number of nitrogens with zero attached hydrogens (tertiary/aromatic N) is 2. The molecule has 126 valence electrons. The third-order valence-corrected chi connectivity index (χ3v) is 3.17. The van der Waals surface area contributed by atoms with Crippen LogP contribution in [-0.2, 0) is 4.74 Å². The van der Waals surface area contributed by atoms with E-state index in [-0.39, 0.29) is 17.5 Å². The second-order valence-corrected chi connectivity index (χ2v) is 6.36. The Kier molecular flexibility index (Phi) is 4.72. The van der Waals surface area contributed by atoms with Crippen molar-refractivity contribution >= 4 is 11.8 Å². The Hall–Kier alpha value is -2.38. The molecule has 0 N–H and O–H groups in total. The third-order valence-electron chi connectivity index (χ3n) is 3.17. The van der Waals surface area contributed by atoms with E-state index in [0.29, 0.717) is 19.5 Å². The van der Waals surface area contributed by atoms with Crippen molar-refractivity contribution in [2.24, 2.45) is 0 Å². The van der Waals surface area contributed by atoms with Gasteiger partial charge in [-0.15, -0.1) is 0 Å². The molecular weight excluding hydrogens is 307 g/mol. The third kappa shape index (κ3) is 4.80. The van der Waals surface area contributed by atoms with Crippen molar-refractivity contribution in [3.63, 3.8) is 0 Å². The molecule has 0 bridgehead atoms. The van der Waals surface area contributed by atoms with Crippen LogP contribution in [0.2, 0.25) is 0 Å². The molecule has 2 rings (SSSR count). The summed E-state index contributed by atoms with van der Waals surface area (Å²) in [7, 11) is 0. The van der Waals surface area contributed by atoms with E-state index in [0.717, 1.165) is 12.1 Å². The molecule has 0 aliphatic carbocycles. The normalized spacial score (nSPS) is 17.9. The van der Waals surface area contributed by atoms with Crippen LogP contribution in [0.4, 0.5) is 14.9 Å². The SMILES string of the molecule is CC(C)(C)OC(=O)N1CCC(Oc2cc(F)cc([N+](=O)[O-])c2)C1. The monoisotopic (exact) mass is 326 g/mol. The van der Waals surface area contributed by atoms with Crippen molar-refractivity contribution in [1.82, 2.24) is 4.90 Å². The minimum absolute atomic E-state index is 0.0766. The van der Waals surface area contributed by atoms with Crippen molar-refractivity contribution in [2.45, 2.75) is 38.9 Å². The molecule has 7 nitrogen and oxygen atoms in total. The van der Waals surface area contributed by atoms with Crippen molar-refractivity contribution in [2.75, 3.05) is 13.1 Å². The maximum atomic E-state index is 13.4. The lowest BCUT2D eigenvalue weighted by Gasteiger charge is -2.24. The average Bonchev–Trinajstić information content (AvgIpc) is 2.84. The predicted octanol–water partition coefficient (Wildman–Crippen LogP) is 3.12. The number of non-ortho nitro benzene ring substituents is 1. The van der Waals surface area contributed by atoms with Crippen molar-refractivity contribution in [3.05, 3.63) is 34.1 Å². The van der Waals surface area contributed by atoms with Gasteiger partial charge in [-0.3, -0.25) is 10.1 Å². The zero-order chi connectivity index (χ0) is 17.2. The van der Waals surface area contributed by atoms with E-state index in [4.69, 9.17) is 9.47 Å². The highest BCUT2D eigenvalue weighted by Crippen LogP contribution is 2.25. The summed E-state index contributed by atoms with van der Waals surface area (Å²) in [6.45, 7) is 6.08. The van der Waals surface area contributed by atoms with Crippen LogP contribution >= 0.6 is 0 Å². The minimum Gasteiger partial charge on any atom is -0.488 e. The Morgan fingerprint density at radius 2 is 2.09 bits per heavy atom. The first kappa shape index (κ1) is 17.0. The van der Waals surface area contributed by atoms with Gasteiger partial charge in [-0.25, -0.2) is 9.18 Å². The first-order chi connectivity index (χ1) is 10.6. The van der Waals surface area contributed by atoms with Crippen LogP contribution < -0.4 is 4.74 Å². The van der Waals surface area contributed by atoms with Gasteiger partial charge in [-0.2, -0.15) is 0 Å². The van der Waals surface area contributed by atoms with Gasteiger partial charge in [0, 0.05) is 19.0 Å². The zero-order valence-corrected chi connectivity index (χ0v) is 13.2. The van der Waals surface area contributed by atoms with Crippen LogP contribution in [0.25, 0.3) is 0 Å². The number of nitro groups is 1. The van der Waals surface area contributed by atoms with Gasteiger partial charge in [-0.05, 0) is 20.8 Å². The largest absolute Gasteiger partial charge is 0.488 e. The number of hydrogen-bond acceptors (Lipinski definition) is 5. The maximum absolute atomic E-state index is 13.4. The number of carbonyl (C=O) groups is 1. The summed E-state index contributed by atoms with van der Waals surface area (Å²) in [5.74, 6) is -0.663. The molecule has 1 aromatic carbocycles. The van der Waals surface area contributed by atoms with Crippen LogP contribution in [0.5, 0.6) is 5.75 Å². The second-order valence-electron chi connectivity index (χ2n) is 6.36. The van der Waals surface area contributed by atoms with Crippen LogP contribution in [0, 0.1) is 15.9 Å². The van der Waals surface area contributed by atoms with Crippen LogP contribution in [0.3, 0.4) is 0 Å². The molecule has 0 spiro atoms. The molecule has 1 aliphatic rings. The zero-order valence-electron chi connectivity index (χ0n) is 13.2. The van der Waals surface area contributed by atoms with E-state index >= 15 is 0 Å². The fraction of sp³-hybridized carbons (Fsp3) is 0.533. The molecule has 1 aromatic rings. The summed E-state index contributed by atoms with van der Waals surface area (Å²) in [6.07, 6.45) is -0.249. The molecule has 1 aliphatic heterocycles. The Morgan fingerprint density at radius 3 is 2.70 bits per heavy atom.